The summed E-state index contributed by atoms with van der Waals surface area (Å²) in [7, 11) is 0. The van der Waals surface area contributed by atoms with Crippen molar-refractivity contribution in [3.63, 3.8) is 0 Å². The third-order valence-electron chi connectivity index (χ3n) is 2.73. The second-order valence-corrected chi connectivity index (χ2v) is 5.37. The lowest BCUT2D eigenvalue weighted by molar-refractivity contribution is 0.215. The molecule has 1 aromatic heterocycles. The molecule has 6 heteroatoms. The van der Waals surface area contributed by atoms with Gasteiger partial charge in [-0.2, -0.15) is 0 Å². The Morgan fingerprint density at radius 2 is 2.41 bits per heavy atom. The van der Waals surface area contributed by atoms with Gasteiger partial charge in [-0.3, -0.25) is 5.43 Å². The number of urea groups is 1. The highest BCUT2D eigenvalue weighted by atomic mass is 127. The molecule has 1 fully saturated rings. The molecule has 2 amide bonds. The van der Waals surface area contributed by atoms with E-state index in [9.17, 15) is 4.79 Å². The number of pyridine rings is 1. The van der Waals surface area contributed by atoms with Crippen LogP contribution in [0.5, 0.6) is 0 Å². The number of anilines is 1. The highest BCUT2D eigenvalue weighted by molar-refractivity contribution is 14.1. The van der Waals surface area contributed by atoms with Crippen molar-refractivity contribution in [2.75, 3.05) is 12.0 Å². The minimum Gasteiger partial charge on any atom is -0.350 e. The lowest BCUT2D eigenvalue weighted by Gasteiger charge is -2.22. The van der Waals surface area contributed by atoms with Crippen LogP contribution in [0.4, 0.5) is 10.6 Å². The summed E-state index contributed by atoms with van der Waals surface area (Å²) >= 11 is 2.21. The number of hydrogen-bond donors (Lipinski definition) is 2. The Labute approximate surface area is 114 Å². The van der Waals surface area contributed by atoms with Crippen LogP contribution < -0.4 is 11.2 Å². The maximum atomic E-state index is 11.3. The van der Waals surface area contributed by atoms with Crippen molar-refractivity contribution in [1.82, 2.24) is 9.99 Å². The Morgan fingerprint density at radius 3 is 3.00 bits per heavy atom. The monoisotopic (exact) mass is 346 g/mol. The lowest BCUT2D eigenvalue weighted by Crippen LogP contribution is -2.42. The standard InChI is InChI=1S/C11H15IN4O/c1-7-4-5-14-10(9(7)12)15-16(11(13)17)6-8-2-3-8/h4-5,8H,2-3,6H2,1H3,(H2,13,17)(H,14,15). The number of carbonyl (C=O) groups is 1. The van der Waals surface area contributed by atoms with Gasteiger partial charge in [-0.15, -0.1) is 0 Å². The van der Waals surface area contributed by atoms with Crippen molar-refractivity contribution >= 4 is 34.4 Å². The number of amides is 2. The first-order valence-electron chi connectivity index (χ1n) is 5.52. The molecule has 0 spiro atoms. The molecule has 3 N–H and O–H groups in total. The zero-order chi connectivity index (χ0) is 12.4. The normalized spacial score (nSPS) is 14.5. The Balaban J connectivity index is 2.10. The molecule has 92 valence electrons. The van der Waals surface area contributed by atoms with Crippen LogP contribution in [0.25, 0.3) is 0 Å². The summed E-state index contributed by atoms with van der Waals surface area (Å²) < 4.78 is 1.01. The quantitative estimate of drug-likeness (QED) is 0.648. The molecule has 1 aliphatic rings. The Morgan fingerprint density at radius 1 is 1.71 bits per heavy atom. The molecule has 0 aromatic carbocycles. The van der Waals surface area contributed by atoms with Gasteiger partial charge in [-0.25, -0.2) is 14.8 Å². The second kappa shape index (κ2) is 5.07. The Hall–Kier alpha value is -1.05. The van der Waals surface area contributed by atoms with Gasteiger partial charge in [0.1, 0.15) is 0 Å². The van der Waals surface area contributed by atoms with Crippen LogP contribution in [0.15, 0.2) is 12.3 Å². The molecular weight excluding hydrogens is 331 g/mol. The fourth-order valence-corrected chi connectivity index (χ4v) is 1.93. The summed E-state index contributed by atoms with van der Waals surface area (Å²) in [6, 6.07) is 1.47. The van der Waals surface area contributed by atoms with E-state index in [1.54, 1.807) is 6.20 Å². The van der Waals surface area contributed by atoms with Crippen LogP contribution in [-0.2, 0) is 0 Å². The molecule has 5 nitrogen and oxygen atoms in total. The summed E-state index contributed by atoms with van der Waals surface area (Å²) in [5.41, 5.74) is 9.47. The minimum absolute atomic E-state index is 0.462. The average molecular weight is 346 g/mol. The number of nitrogens with two attached hydrogens (primary N) is 1. The van der Waals surface area contributed by atoms with Gasteiger partial charge in [-0.1, -0.05) is 0 Å². The smallest absolute Gasteiger partial charge is 0.333 e. The van der Waals surface area contributed by atoms with E-state index in [4.69, 9.17) is 5.73 Å². The summed E-state index contributed by atoms with van der Waals surface area (Å²) in [6.45, 7) is 2.66. The molecule has 1 aromatic rings. The molecule has 2 rings (SSSR count). The fraction of sp³-hybridized carbons (Fsp3) is 0.455. The van der Waals surface area contributed by atoms with Gasteiger partial charge < -0.3 is 5.73 Å². The third kappa shape index (κ3) is 3.21. The predicted molar refractivity (Wildman–Crippen MR) is 74.3 cm³/mol. The van der Waals surface area contributed by atoms with Gasteiger partial charge in [0, 0.05) is 12.7 Å². The maximum Gasteiger partial charge on any atom is 0.333 e. The highest BCUT2D eigenvalue weighted by Crippen LogP contribution is 2.30. The van der Waals surface area contributed by atoms with Crippen molar-refractivity contribution in [2.45, 2.75) is 19.8 Å². The van der Waals surface area contributed by atoms with Gasteiger partial charge in [0.2, 0.25) is 0 Å². The van der Waals surface area contributed by atoms with Crippen LogP contribution in [0.2, 0.25) is 0 Å². The number of primary amides is 1. The van der Waals surface area contributed by atoms with Crippen LogP contribution in [0.1, 0.15) is 18.4 Å². The molecule has 1 heterocycles. The van der Waals surface area contributed by atoms with E-state index >= 15 is 0 Å². The SMILES string of the molecule is Cc1ccnc(NN(CC2CC2)C(N)=O)c1I. The van der Waals surface area contributed by atoms with Crippen molar-refractivity contribution in [1.29, 1.82) is 0 Å². The van der Waals surface area contributed by atoms with E-state index in [2.05, 4.69) is 33.0 Å². The maximum absolute atomic E-state index is 11.3. The molecule has 17 heavy (non-hydrogen) atoms. The zero-order valence-corrected chi connectivity index (χ0v) is 11.8. The summed E-state index contributed by atoms with van der Waals surface area (Å²) in [5, 5.41) is 1.45. The van der Waals surface area contributed by atoms with Crippen molar-refractivity contribution in [3.8, 4) is 0 Å². The number of aryl methyl sites for hydroxylation is 1. The molecule has 0 aliphatic heterocycles. The molecule has 0 unspecified atom stereocenters. The van der Waals surface area contributed by atoms with Crippen LogP contribution in [-0.4, -0.2) is 22.6 Å². The second-order valence-electron chi connectivity index (χ2n) is 4.29. The van der Waals surface area contributed by atoms with E-state index < -0.39 is 6.03 Å². The molecule has 1 aliphatic carbocycles. The number of hydrazine groups is 1. The first kappa shape index (κ1) is 12.4. The van der Waals surface area contributed by atoms with Gasteiger partial charge in [0.25, 0.3) is 0 Å². The third-order valence-corrected chi connectivity index (χ3v) is 4.09. The van der Waals surface area contributed by atoms with E-state index in [0.717, 1.165) is 9.13 Å². The van der Waals surface area contributed by atoms with Crippen LogP contribution in [0.3, 0.4) is 0 Å². The summed E-state index contributed by atoms with van der Waals surface area (Å²) in [6.07, 6.45) is 4.06. The van der Waals surface area contributed by atoms with Gasteiger partial charge in [0.05, 0.1) is 3.57 Å². The number of nitrogens with one attached hydrogen (secondary N) is 1. The average Bonchev–Trinajstić information content (AvgIpc) is 3.07. The fourth-order valence-electron chi connectivity index (χ4n) is 1.50. The largest absolute Gasteiger partial charge is 0.350 e. The van der Waals surface area contributed by atoms with E-state index in [1.807, 2.05) is 13.0 Å². The van der Waals surface area contributed by atoms with E-state index in [0.29, 0.717) is 18.3 Å². The minimum atomic E-state index is -0.462. The topological polar surface area (TPSA) is 71.2 Å². The number of hydrogen-bond acceptors (Lipinski definition) is 3. The Bertz CT molecular complexity index is 433. The first-order valence-corrected chi connectivity index (χ1v) is 6.60. The number of rotatable bonds is 4. The molecule has 0 saturated heterocycles. The molecule has 0 atom stereocenters. The summed E-state index contributed by atoms with van der Waals surface area (Å²) in [4.78, 5) is 15.5. The molecular formula is C11H15IN4O. The van der Waals surface area contributed by atoms with Crippen LogP contribution >= 0.6 is 22.6 Å². The van der Waals surface area contributed by atoms with Gasteiger partial charge in [-0.05, 0) is 59.9 Å². The van der Waals surface area contributed by atoms with Gasteiger partial charge in [0.15, 0.2) is 5.82 Å². The van der Waals surface area contributed by atoms with Crippen molar-refractivity contribution in [3.05, 3.63) is 21.4 Å². The molecule has 1 saturated carbocycles. The van der Waals surface area contributed by atoms with Gasteiger partial charge >= 0.3 is 6.03 Å². The zero-order valence-electron chi connectivity index (χ0n) is 9.61. The number of aromatic nitrogens is 1. The number of halogens is 1. The number of carbonyl (C=O) groups excluding carboxylic acids is 1. The molecule has 0 radical (unpaired) electrons. The highest BCUT2D eigenvalue weighted by Gasteiger charge is 2.26. The van der Waals surface area contributed by atoms with E-state index in [1.165, 1.54) is 17.9 Å². The molecule has 0 bridgehead atoms. The summed E-state index contributed by atoms with van der Waals surface area (Å²) in [5.74, 6) is 1.27. The first-order chi connectivity index (χ1) is 8.08. The predicted octanol–water partition coefficient (Wildman–Crippen LogP) is 2.11. The Kier molecular flexibility index (Phi) is 3.70. The lowest BCUT2D eigenvalue weighted by atomic mass is 10.3. The van der Waals surface area contributed by atoms with Crippen LogP contribution in [0, 0.1) is 16.4 Å². The number of nitrogens with zero attached hydrogens (tertiary/aromatic N) is 2. The van der Waals surface area contributed by atoms with E-state index in [-0.39, 0.29) is 0 Å². The van der Waals surface area contributed by atoms with Crippen molar-refractivity contribution in [2.24, 2.45) is 11.7 Å². The van der Waals surface area contributed by atoms with Crippen molar-refractivity contribution < 1.29 is 4.79 Å².